The van der Waals surface area contributed by atoms with Crippen molar-refractivity contribution in [2.45, 2.75) is 25.5 Å². The van der Waals surface area contributed by atoms with Gasteiger partial charge in [-0.15, -0.1) is 0 Å². The predicted octanol–water partition coefficient (Wildman–Crippen LogP) is 5.14. The predicted molar refractivity (Wildman–Crippen MR) is 111 cm³/mol. The number of hydrogen-bond acceptors (Lipinski definition) is 4. The standard InChI is InChI=1S/C22H20ClN3O2/c23-17-3-1-15(2-4-17)14-28-21-9-7-19(8-10-21)26-22(27)16-11-20(13-24-12-16)25-18-5-6-18/h1-4,7-13,18,25H,5-6,14H2,(H,26,27). The molecule has 0 saturated heterocycles. The Morgan fingerprint density at radius 2 is 1.79 bits per heavy atom. The summed E-state index contributed by atoms with van der Waals surface area (Å²) in [6.45, 7) is 0.454. The summed E-state index contributed by atoms with van der Waals surface area (Å²) in [6.07, 6.45) is 5.64. The molecule has 1 fully saturated rings. The minimum absolute atomic E-state index is 0.193. The van der Waals surface area contributed by atoms with Crippen LogP contribution < -0.4 is 15.4 Å². The number of anilines is 2. The Morgan fingerprint density at radius 3 is 2.50 bits per heavy atom. The molecule has 1 aromatic heterocycles. The van der Waals surface area contributed by atoms with E-state index in [1.807, 2.05) is 54.6 Å². The number of aromatic nitrogens is 1. The molecule has 1 saturated carbocycles. The molecule has 0 atom stereocenters. The van der Waals surface area contributed by atoms with Gasteiger partial charge in [0, 0.05) is 29.1 Å². The zero-order valence-corrected chi connectivity index (χ0v) is 15.9. The van der Waals surface area contributed by atoms with Crippen molar-refractivity contribution in [3.05, 3.63) is 83.1 Å². The van der Waals surface area contributed by atoms with Crippen molar-refractivity contribution in [1.29, 1.82) is 0 Å². The van der Waals surface area contributed by atoms with Crippen LogP contribution in [-0.2, 0) is 6.61 Å². The molecule has 5 nitrogen and oxygen atoms in total. The molecule has 0 radical (unpaired) electrons. The van der Waals surface area contributed by atoms with E-state index in [0.717, 1.165) is 17.0 Å². The van der Waals surface area contributed by atoms with Crippen LogP contribution in [0.5, 0.6) is 5.75 Å². The first-order valence-electron chi connectivity index (χ1n) is 9.16. The van der Waals surface area contributed by atoms with Gasteiger partial charge in [0.25, 0.3) is 5.91 Å². The minimum Gasteiger partial charge on any atom is -0.489 e. The zero-order valence-electron chi connectivity index (χ0n) is 15.2. The molecular weight excluding hydrogens is 374 g/mol. The van der Waals surface area contributed by atoms with E-state index in [2.05, 4.69) is 15.6 Å². The molecule has 6 heteroatoms. The average molecular weight is 394 g/mol. The van der Waals surface area contributed by atoms with E-state index in [1.165, 1.54) is 12.8 Å². The minimum atomic E-state index is -0.193. The van der Waals surface area contributed by atoms with Gasteiger partial charge in [-0.2, -0.15) is 0 Å². The molecule has 28 heavy (non-hydrogen) atoms. The maximum absolute atomic E-state index is 12.5. The topological polar surface area (TPSA) is 63.2 Å². The molecule has 1 heterocycles. The number of nitrogens with one attached hydrogen (secondary N) is 2. The first-order chi connectivity index (χ1) is 13.7. The number of hydrogen-bond donors (Lipinski definition) is 2. The lowest BCUT2D eigenvalue weighted by Crippen LogP contribution is -2.13. The van der Waals surface area contributed by atoms with Crippen molar-refractivity contribution in [1.82, 2.24) is 4.98 Å². The van der Waals surface area contributed by atoms with Gasteiger partial charge >= 0.3 is 0 Å². The first kappa shape index (κ1) is 18.3. The Labute approximate surface area is 168 Å². The Hall–Kier alpha value is -3.05. The summed E-state index contributed by atoms with van der Waals surface area (Å²) in [5.74, 6) is 0.534. The van der Waals surface area contributed by atoms with E-state index >= 15 is 0 Å². The monoisotopic (exact) mass is 393 g/mol. The summed E-state index contributed by atoms with van der Waals surface area (Å²) in [7, 11) is 0. The van der Waals surface area contributed by atoms with E-state index in [4.69, 9.17) is 16.3 Å². The summed E-state index contributed by atoms with van der Waals surface area (Å²) in [5, 5.41) is 6.93. The normalized spacial score (nSPS) is 13.0. The summed E-state index contributed by atoms with van der Waals surface area (Å²) >= 11 is 5.88. The number of rotatable bonds is 7. The largest absolute Gasteiger partial charge is 0.489 e. The molecule has 2 aromatic carbocycles. The van der Waals surface area contributed by atoms with Gasteiger partial charge in [-0.05, 0) is 60.9 Å². The molecule has 0 bridgehead atoms. The highest BCUT2D eigenvalue weighted by Crippen LogP contribution is 2.25. The first-order valence-corrected chi connectivity index (χ1v) is 9.54. The second-order valence-electron chi connectivity index (χ2n) is 6.77. The van der Waals surface area contributed by atoms with Crippen molar-refractivity contribution >= 4 is 28.9 Å². The molecule has 1 aliphatic carbocycles. The third-order valence-corrected chi connectivity index (χ3v) is 4.63. The molecule has 0 aliphatic heterocycles. The molecule has 2 N–H and O–H groups in total. The molecule has 0 unspecified atom stereocenters. The second kappa shape index (κ2) is 8.31. The fourth-order valence-corrected chi connectivity index (χ4v) is 2.82. The van der Waals surface area contributed by atoms with Crippen LogP contribution in [0.25, 0.3) is 0 Å². The number of halogens is 1. The van der Waals surface area contributed by atoms with Crippen LogP contribution in [-0.4, -0.2) is 16.9 Å². The van der Waals surface area contributed by atoms with E-state index in [1.54, 1.807) is 12.4 Å². The second-order valence-corrected chi connectivity index (χ2v) is 7.21. The van der Waals surface area contributed by atoms with Crippen molar-refractivity contribution < 1.29 is 9.53 Å². The summed E-state index contributed by atoms with van der Waals surface area (Å²) in [4.78, 5) is 16.6. The van der Waals surface area contributed by atoms with Crippen LogP contribution in [0.2, 0.25) is 5.02 Å². The molecule has 0 spiro atoms. The fraction of sp³-hybridized carbons (Fsp3) is 0.182. The SMILES string of the molecule is O=C(Nc1ccc(OCc2ccc(Cl)cc2)cc1)c1cncc(NC2CC2)c1. The van der Waals surface area contributed by atoms with Gasteiger partial charge in [-0.25, -0.2) is 0 Å². The van der Waals surface area contributed by atoms with E-state index in [0.29, 0.717) is 28.9 Å². The van der Waals surface area contributed by atoms with E-state index in [-0.39, 0.29) is 5.91 Å². The summed E-state index contributed by atoms with van der Waals surface area (Å²) in [6, 6.07) is 17.2. The van der Waals surface area contributed by atoms with Crippen molar-refractivity contribution in [3.63, 3.8) is 0 Å². The lowest BCUT2D eigenvalue weighted by molar-refractivity contribution is 0.102. The lowest BCUT2D eigenvalue weighted by atomic mass is 10.2. The highest BCUT2D eigenvalue weighted by molar-refractivity contribution is 6.30. The highest BCUT2D eigenvalue weighted by Gasteiger charge is 2.21. The van der Waals surface area contributed by atoms with Crippen LogP contribution >= 0.6 is 11.6 Å². The van der Waals surface area contributed by atoms with Gasteiger partial charge in [0.1, 0.15) is 12.4 Å². The molecule has 4 rings (SSSR count). The van der Waals surface area contributed by atoms with Gasteiger partial charge < -0.3 is 15.4 Å². The number of ether oxygens (including phenoxy) is 1. The third-order valence-electron chi connectivity index (χ3n) is 4.38. The van der Waals surface area contributed by atoms with Crippen LogP contribution in [0.1, 0.15) is 28.8 Å². The van der Waals surface area contributed by atoms with Gasteiger partial charge in [0.15, 0.2) is 0 Å². The highest BCUT2D eigenvalue weighted by atomic mass is 35.5. The number of benzene rings is 2. The van der Waals surface area contributed by atoms with Crippen LogP contribution in [0, 0.1) is 0 Å². The third kappa shape index (κ3) is 5.02. The Balaban J connectivity index is 1.33. The van der Waals surface area contributed by atoms with Gasteiger partial charge in [-0.3, -0.25) is 9.78 Å². The van der Waals surface area contributed by atoms with Gasteiger partial charge in [-0.1, -0.05) is 23.7 Å². The fourth-order valence-electron chi connectivity index (χ4n) is 2.69. The quantitative estimate of drug-likeness (QED) is 0.583. The van der Waals surface area contributed by atoms with Crippen LogP contribution in [0.3, 0.4) is 0 Å². The number of nitrogens with zero attached hydrogens (tertiary/aromatic N) is 1. The Morgan fingerprint density at radius 1 is 1.04 bits per heavy atom. The molecule has 1 aliphatic rings. The summed E-state index contributed by atoms with van der Waals surface area (Å²) in [5.41, 5.74) is 3.13. The average Bonchev–Trinajstić information content (AvgIpc) is 3.53. The zero-order chi connectivity index (χ0) is 19.3. The Bertz CT molecular complexity index is 954. The number of carbonyl (C=O) groups excluding carboxylic acids is 1. The molecule has 142 valence electrons. The molecular formula is C22H20ClN3O2. The summed E-state index contributed by atoms with van der Waals surface area (Å²) < 4.78 is 5.76. The lowest BCUT2D eigenvalue weighted by Gasteiger charge is -2.09. The van der Waals surface area contributed by atoms with Crippen LogP contribution in [0.4, 0.5) is 11.4 Å². The number of pyridine rings is 1. The van der Waals surface area contributed by atoms with E-state index in [9.17, 15) is 4.79 Å². The Kier molecular flexibility index (Phi) is 5.44. The van der Waals surface area contributed by atoms with Crippen molar-refractivity contribution in [3.8, 4) is 5.75 Å². The number of carbonyl (C=O) groups is 1. The van der Waals surface area contributed by atoms with Gasteiger partial charge in [0.05, 0.1) is 11.3 Å². The molecule has 1 amide bonds. The van der Waals surface area contributed by atoms with Gasteiger partial charge in [0.2, 0.25) is 0 Å². The van der Waals surface area contributed by atoms with Crippen LogP contribution in [0.15, 0.2) is 67.0 Å². The molecule has 3 aromatic rings. The van der Waals surface area contributed by atoms with Crippen molar-refractivity contribution in [2.24, 2.45) is 0 Å². The number of amides is 1. The maximum Gasteiger partial charge on any atom is 0.257 e. The smallest absolute Gasteiger partial charge is 0.257 e. The maximum atomic E-state index is 12.5. The van der Waals surface area contributed by atoms with Crippen molar-refractivity contribution in [2.75, 3.05) is 10.6 Å². The van der Waals surface area contributed by atoms with E-state index < -0.39 is 0 Å².